The van der Waals surface area contributed by atoms with E-state index in [1.165, 1.54) is 13.2 Å². The number of carbonyl (C=O) groups is 1. The summed E-state index contributed by atoms with van der Waals surface area (Å²) in [4.78, 5) is 26.6. The number of nitro groups is 1. The van der Waals surface area contributed by atoms with Gasteiger partial charge >= 0.3 is 5.97 Å². The van der Waals surface area contributed by atoms with Crippen molar-refractivity contribution in [2.24, 2.45) is 0 Å². The number of ether oxygens (including phenoxy) is 1. The summed E-state index contributed by atoms with van der Waals surface area (Å²) in [5.74, 6) is -0.521. The predicted molar refractivity (Wildman–Crippen MR) is 102 cm³/mol. The van der Waals surface area contributed by atoms with Crippen LogP contribution in [0.3, 0.4) is 0 Å². The molecule has 0 saturated carbocycles. The highest BCUT2D eigenvalue weighted by molar-refractivity contribution is 5.90. The molecule has 0 saturated heterocycles. The Morgan fingerprint density at radius 2 is 1.86 bits per heavy atom. The van der Waals surface area contributed by atoms with Crippen LogP contribution in [0.1, 0.15) is 15.9 Å². The average molecular weight is 374 g/mol. The van der Waals surface area contributed by atoms with E-state index >= 15 is 0 Å². The van der Waals surface area contributed by atoms with Crippen molar-refractivity contribution >= 4 is 17.5 Å². The van der Waals surface area contributed by atoms with Crippen molar-refractivity contribution in [1.82, 2.24) is 4.98 Å². The molecule has 0 radical (unpaired) electrons. The molecule has 1 heterocycles. The van der Waals surface area contributed by atoms with E-state index in [4.69, 9.17) is 5.73 Å². The fourth-order valence-corrected chi connectivity index (χ4v) is 2.80. The number of hydrogen-bond donors (Lipinski definition) is 1. The van der Waals surface area contributed by atoms with Gasteiger partial charge in [-0.1, -0.05) is 24.3 Å². The number of nitrogens with zero attached hydrogens (tertiary/aromatic N) is 3. The van der Waals surface area contributed by atoms with Crippen molar-refractivity contribution in [3.05, 3.63) is 75.8 Å². The van der Waals surface area contributed by atoms with Gasteiger partial charge in [0.15, 0.2) is 0 Å². The van der Waals surface area contributed by atoms with Gasteiger partial charge in [-0.05, 0) is 29.8 Å². The summed E-state index contributed by atoms with van der Waals surface area (Å²) < 4.78 is 4.67. The molecule has 0 aliphatic heterocycles. The Kier molecular flexibility index (Phi) is 5.00. The summed E-state index contributed by atoms with van der Waals surface area (Å²) in [6.07, 6.45) is 0. The zero-order valence-electron chi connectivity index (χ0n) is 14.7. The number of nitro benzene ring substituents is 1. The number of aromatic nitrogens is 1. The molecule has 0 aliphatic rings. The van der Waals surface area contributed by atoms with Gasteiger partial charge in [0.25, 0.3) is 5.69 Å². The second kappa shape index (κ2) is 7.55. The molecule has 1 aromatic heterocycles. The maximum Gasteiger partial charge on any atom is 0.337 e. The van der Waals surface area contributed by atoms with Crippen LogP contribution in [0.25, 0.3) is 22.4 Å². The SMILES string of the molecule is COC(=O)c1ccc(-c2cc(-c3ccccc3[N+](=O)[O-])nc(N)c2C#N)cc1. The van der Waals surface area contributed by atoms with E-state index in [-0.39, 0.29) is 28.3 Å². The van der Waals surface area contributed by atoms with Crippen LogP contribution in [0.5, 0.6) is 0 Å². The normalized spacial score (nSPS) is 10.1. The number of para-hydroxylation sites is 1. The van der Waals surface area contributed by atoms with E-state index in [1.807, 2.05) is 6.07 Å². The third-order valence-electron chi connectivity index (χ3n) is 4.15. The number of pyridine rings is 1. The Bertz CT molecular complexity index is 1120. The smallest absolute Gasteiger partial charge is 0.337 e. The molecule has 0 amide bonds. The number of benzene rings is 2. The van der Waals surface area contributed by atoms with Gasteiger partial charge in [0.2, 0.25) is 0 Å². The molecule has 3 aromatic rings. The van der Waals surface area contributed by atoms with Gasteiger partial charge in [0.1, 0.15) is 17.5 Å². The van der Waals surface area contributed by atoms with Crippen LogP contribution >= 0.6 is 0 Å². The number of esters is 1. The van der Waals surface area contributed by atoms with Crippen molar-refractivity contribution in [1.29, 1.82) is 5.26 Å². The first kappa shape index (κ1) is 18.5. The van der Waals surface area contributed by atoms with Gasteiger partial charge in [0, 0.05) is 11.6 Å². The van der Waals surface area contributed by atoms with E-state index in [0.717, 1.165) is 0 Å². The topological polar surface area (TPSA) is 132 Å². The molecular weight excluding hydrogens is 360 g/mol. The number of nitriles is 1. The molecule has 3 rings (SSSR count). The van der Waals surface area contributed by atoms with Crippen molar-refractivity contribution in [2.45, 2.75) is 0 Å². The zero-order valence-corrected chi connectivity index (χ0v) is 14.7. The first-order valence-corrected chi connectivity index (χ1v) is 8.09. The largest absolute Gasteiger partial charge is 0.465 e. The van der Waals surface area contributed by atoms with Crippen LogP contribution in [0.2, 0.25) is 0 Å². The minimum atomic E-state index is -0.504. The fraction of sp³-hybridized carbons (Fsp3) is 0.0500. The molecule has 0 atom stereocenters. The zero-order chi connectivity index (χ0) is 20.3. The van der Waals surface area contributed by atoms with E-state index in [0.29, 0.717) is 16.7 Å². The van der Waals surface area contributed by atoms with Gasteiger partial charge in [-0.15, -0.1) is 0 Å². The lowest BCUT2D eigenvalue weighted by atomic mass is 9.97. The number of rotatable bonds is 4. The van der Waals surface area contributed by atoms with Crippen LogP contribution in [0.15, 0.2) is 54.6 Å². The van der Waals surface area contributed by atoms with E-state index < -0.39 is 10.9 Å². The number of carbonyl (C=O) groups excluding carboxylic acids is 1. The lowest BCUT2D eigenvalue weighted by molar-refractivity contribution is -0.384. The van der Waals surface area contributed by atoms with E-state index in [9.17, 15) is 20.2 Å². The van der Waals surface area contributed by atoms with Gasteiger partial charge in [0.05, 0.1) is 28.9 Å². The van der Waals surface area contributed by atoms with Crippen molar-refractivity contribution in [2.75, 3.05) is 12.8 Å². The molecule has 0 bridgehead atoms. The van der Waals surface area contributed by atoms with Gasteiger partial charge in [-0.3, -0.25) is 10.1 Å². The molecule has 0 aliphatic carbocycles. The molecule has 28 heavy (non-hydrogen) atoms. The quantitative estimate of drug-likeness (QED) is 0.419. The molecule has 2 aromatic carbocycles. The Morgan fingerprint density at radius 3 is 2.46 bits per heavy atom. The van der Waals surface area contributed by atoms with Crippen molar-refractivity contribution < 1.29 is 14.5 Å². The van der Waals surface area contributed by atoms with Crippen LogP contribution in [-0.2, 0) is 4.74 Å². The lowest BCUT2D eigenvalue weighted by Gasteiger charge is -2.11. The van der Waals surface area contributed by atoms with Crippen LogP contribution < -0.4 is 5.73 Å². The molecule has 0 spiro atoms. The fourth-order valence-electron chi connectivity index (χ4n) is 2.80. The first-order valence-electron chi connectivity index (χ1n) is 8.09. The summed E-state index contributed by atoms with van der Waals surface area (Å²) >= 11 is 0. The first-order chi connectivity index (χ1) is 13.5. The van der Waals surface area contributed by atoms with Crippen LogP contribution in [0.4, 0.5) is 11.5 Å². The standard InChI is InChI=1S/C20H14N4O4/c1-28-20(25)13-8-6-12(7-9-13)15-10-17(23-19(22)16(15)11-21)14-4-2-3-5-18(14)24(26)27/h2-10H,1H3,(H2,22,23). The Labute approximate surface area is 160 Å². The summed E-state index contributed by atoms with van der Waals surface area (Å²) in [6.45, 7) is 0. The third kappa shape index (κ3) is 3.37. The number of methoxy groups -OCH3 is 1. The third-order valence-corrected chi connectivity index (χ3v) is 4.15. The van der Waals surface area contributed by atoms with Crippen LogP contribution in [0, 0.1) is 21.4 Å². The number of nitrogens with two attached hydrogens (primary N) is 1. The van der Waals surface area contributed by atoms with Gasteiger partial charge < -0.3 is 10.5 Å². The second-order valence-electron chi connectivity index (χ2n) is 5.77. The summed E-state index contributed by atoms with van der Waals surface area (Å²) in [7, 11) is 1.28. The number of hydrogen-bond acceptors (Lipinski definition) is 7. The molecule has 0 fully saturated rings. The second-order valence-corrected chi connectivity index (χ2v) is 5.77. The van der Waals surface area contributed by atoms with E-state index in [2.05, 4.69) is 9.72 Å². The molecule has 8 heteroatoms. The maximum absolute atomic E-state index is 11.6. The number of nitrogen functional groups attached to an aromatic ring is 1. The summed E-state index contributed by atoms with van der Waals surface area (Å²) in [5.41, 5.74) is 7.96. The lowest BCUT2D eigenvalue weighted by Crippen LogP contribution is -2.02. The maximum atomic E-state index is 11.6. The molecular formula is C20H14N4O4. The molecule has 0 unspecified atom stereocenters. The average Bonchev–Trinajstić information content (AvgIpc) is 2.72. The van der Waals surface area contributed by atoms with Crippen molar-refractivity contribution in [3.63, 3.8) is 0 Å². The van der Waals surface area contributed by atoms with E-state index in [1.54, 1.807) is 48.5 Å². The van der Waals surface area contributed by atoms with Gasteiger partial charge in [-0.25, -0.2) is 9.78 Å². The predicted octanol–water partition coefficient (Wildman–Crippen LogP) is 3.56. The monoisotopic (exact) mass is 374 g/mol. The van der Waals surface area contributed by atoms with Crippen molar-refractivity contribution in [3.8, 4) is 28.5 Å². The van der Waals surface area contributed by atoms with Crippen LogP contribution in [-0.4, -0.2) is 23.0 Å². The molecule has 2 N–H and O–H groups in total. The highest BCUT2D eigenvalue weighted by atomic mass is 16.6. The molecule has 8 nitrogen and oxygen atoms in total. The minimum absolute atomic E-state index is 0.0369. The summed E-state index contributed by atoms with van der Waals surface area (Å²) in [5, 5.41) is 20.8. The summed E-state index contributed by atoms with van der Waals surface area (Å²) in [6, 6.07) is 16.1. The van der Waals surface area contributed by atoms with Gasteiger partial charge in [-0.2, -0.15) is 5.26 Å². The Hall–Kier alpha value is -4.25. The Morgan fingerprint density at radius 1 is 1.18 bits per heavy atom. The minimum Gasteiger partial charge on any atom is -0.465 e. The highest BCUT2D eigenvalue weighted by Crippen LogP contribution is 2.34. The Balaban J connectivity index is 2.19. The highest BCUT2D eigenvalue weighted by Gasteiger charge is 2.19. The number of anilines is 1. The molecule has 138 valence electrons.